The van der Waals surface area contributed by atoms with Crippen molar-refractivity contribution in [2.45, 2.75) is 21.3 Å². The van der Waals surface area contributed by atoms with E-state index in [0.717, 1.165) is 17.3 Å². The zero-order chi connectivity index (χ0) is 18.0. The summed E-state index contributed by atoms with van der Waals surface area (Å²) in [5.74, 6) is -0.335. The largest absolute Gasteiger partial charge is 0.431 e. The van der Waals surface area contributed by atoms with Crippen LogP contribution in [0.25, 0.3) is 11.1 Å². The molecule has 3 aromatic rings. The molecule has 0 radical (unpaired) electrons. The van der Waals surface area contributed by atoms with Gasteiger partial charge in [0.25, 0.3) is 11.1 Å². The smallest absolute Gasteiger partial charge is 0.258 e. The van der Waals surface area contributed by atoms with Crippen molar-refractivity contribution in [2.75, 3.05) is 0 Å². The van der Waals surface area contributed by atoms with E-state index in [2.05, 4.69) is 10.3 Å². The van der Waals surface area contributed by atoms with E-state index in [4.69, 9.17) is 39.2 Å². The van der Waals surface area contributed by atoms with Crippen LogP contribution < -0.4 is 5.32 Å². The van der Waals surface area contributed by atoms with Gasteiger partial charge < -0.3 is 9.73 Å². The Morgan fingerprint density at radius 1 is 1.16 bits per heavy atom. The highest BCUT2D eigenvalue weighted by Crippen LogP contribution is 2.39. The standard InChI is InChI=1S/C17H13Cl3N2O2S/c1-10-6-2-3-7-11(10)14(23)22-15(17(18,19)20)25-16-21-12-8-4-5-9-13(12)24-16/h2-9,15H,1H3,(H,22,23). The summed E-state index contributed by atoms with van der Waals surface area (Å²) in [6.45, 7) is 1.84. The maximum atomic E-state index is 12.5. The fourth-order valence-electron chi connectivity index (χ4n) is 2.20. The number of hydrogen-bond donors (Lipinski definition) is 1. The number of para-hydroxylation sites is 2. The van der Waals surface area contributed by atoms with Gasteiger partial charge in [-0.2, -0.15) is 0 Å². The van der Waals surface area contributed by atoms with E-state index in [9.17, 15) is 4.79 Å². The first-order valence-electron chi connectivity index (χ1n) is 7.30. The molecule has 1 atom stereocenters. The average molecular weight is 416 g/mol. The monoisotopic (exact) mass is 414 g/mol. The molecule has 0 aliphatic heterocycles. The summed E-state index contributed by atoms with van der Waals surface area (Å²) < 4.78 is 3.88. The second-order valence-corrected chi connectivity index (χ2v) is 8.70. The first-order chi connectivity index (χ1) is 11.8. The van der Waals surface area contributed by atoms with E-state index in [-0.39, 0.29) is 5.91 Å². The molecule has 8 heteroatoms. The molecule has 0 saturated carbocycles. The van der Waals surface area contributed by atoms with Crippen LogP contribution in [-0.2, 0) is 0 Å². The normalized spacial score (nSPS) is 13.0. The molecule has 1 amide bonds. The van der Waals surface area contributed by atoms with Crippen molar-refractivity contribution >= 4 is 63.6 Å². The highest BCUT2D eigenvalue weighted by molar-refractivity contribution is 8.00. The van der Waals surface area contributed by atoms with Gasteiger partial charge in [0, 0.05) is 5.56 Å². The number of benzene rings is 2. The molecule has 1 N–H and O–H groups in total. The van der Waals surface area contributed by atoms with Gasteiger partial charge in [0.2, 0.25) is 3.79 Å². The molecule has 1 aromatic heterocycles. The number of nitrogens with one attached hydrogen (secondary N) is 1. The molecular formula is C17H13Cl3N2O2S. The van der Waals surface area contributed by atoms with Gasteiger partial charge in [0.05, 0.1) is 0 Å². The Hall–Kier alpha value is -1.40. The first-order valence-corrected chi connectivity index (χ1v) is 9.31. The second-order valence-electron chi connectivity index (χ2n) is 5.28. The van der Waals surface area contributed by atoms with Crippen molar-refractivity contribution < 1.29 is 9.21 Å². The van der Waals surface area contributed by atoms with Gasteiger partial charge in [-0.25, -0.2) is 4.98 Å². The van der Waals surface area contributed by atoms with E-state index in [1.165, 1.54) is 0 Å². The lowest BCUT2D eigenvalue weighted by molar-refractivity contribution is 0.0949. The summed E-state index contributed by atoms with van der Waals surface area (Å²) in [6, 6.07) is 14.5. The summed E-state index contributed by atoms with van der Waals surface area (Å²) in [5, 5.41) is 2.17. The molecule has 130 valence electrons. The van der Waals surface area contributed by atoms with E-state index in [0.29, 0.717) is 21.9 Å². The number of thioether (sulfide) groups is 1. The molecule has 4 nitrogen and oxygen atoms in total. The number of carbonyl (C=O) groups is 1. The zero-order valence-corrected chi connectivity index (χ0v) is 16.1. The van der Waals surface area contributed by atoms with Gasteiger partial charge >= 0.3 is 0 Å². The SMILES string of the molecule is Cc1ccccc1C(=O)NC(Sc1nc2ccccc2o1)C(Cl)(Cl)Cl. The molecule has 3 rings (SSSR count). The highest BCUT2D eigenvalue weighted by Gasteiger charge is 2.36. The van der Waals surface area contributed by atoms with Gasteiger partial charge in [-0.1, -0.05) is 65.1 Å². The van der Waals surface area contributed by atoms with Gasteiger partial charge in [0.1, 0.15) is 10.9 Å². The number of nitrogens with zero attached hydrogens (tertiary/aromatic N) is 1. The van der Waals surface area contributed by atoms with Gasteiger partial charge in [0.15, 0.2) is 5.58 Å². The Balaban J connectivity index is 1.83. The quantitative estimate of drug-likeness (QED) is 0.354. The molecule has 0 saturated heterocycles. The molecular weight excluding hydrogens is 403 g/mol. The second kappa shape index (κ2) is 7.46. The Labute approximate surface area is 163 Å². The molecule has 2 aromatic carbocycles. The third-order valence-electron chi connectivity index (χ3n) is 3.44. The van der Waals surface area contributed by atoms with Gasteiger partial charge in [-0.3, -0.25) is 4.79 Å². The molecule has 0 aliphatic carbocycles. The molecule has 0 spiro atoms. The van der Waals surface area contributed by atoms with Crippen LogP contribution in [-0.4, -0.2) is 20.1 Å². The van der Waals surface area contributed by atoms with Crippen molar-refractivity contribution in [1.29, 1.82) is 0 Å². The predicted molar refractivity (Wildman–Crippen MR) is 103 cm³/mol. The van der Waals surface area contributed by atoms with Crippen LogP contribution in [0.15, 0.2) is 58.2 Å². The number of aromatic nitrogens is 1. The summed E-state index contributed by atoms with van der Waals surface area (Å²) in [5.41, 5.74) is 2.66. The van der Waals surface area contributed by atoms with E-state index < -0.39 is 9.17 Å². The number of alkyl halides is 3. The fourth-order valence-corrected chi connectivity index (χ4v) is 3.56. The van der Waals surface area contributed by atoms with E-state index in [1.54, 1.807) is 18.2 Å². The number of carbonyl (C=O) groups excluding carboxylic acids is 1. The minimum absolute atomic E-state index is 0.308. The van der Waals surface area contributed by atoms with Crippen molar-refractivity contribution in [3.8, 4) is 0 Å². The van der Waals surface area contributed by atoms with Crippen molar-refractivity contribution in [3.63, 3.8) is 0 Å². The number of hydrogen-bond acceptors (Lipinski definition) is 4. The Morgan fingerprint density at radius 3 is 2.52 bits per heavy atom. The van der Waals surface area contributed by atoms with E-state index in [1.807, 2.05) is 37.3 Å². The van der Waals surface area contributed by atoms with E-state index >= 15 is 0 Å². The molecule has 0 bridgehead atoms. The van der Waals surface area contributed by atoms with Crippen LogP contribution in [0.1, 0.15) is 15.9 Å². The van der Waals surface area contributed by atoms with Crippen molar-refractivity contribution in [2.24, 2.45) is 0 Å². The minimum Gasteiger partial charge on any atom is -0.431 e. The Morgan fingerprint density at radius 2 is 1.84 bits per heavy atom. The maximum Gasteiger partial charge on any atom is 0.258 e. The third-order valence-corrected chi connectivity index (χ3v) is 5.57. The lowest BCUT2D eigenvalue weighted by Gasteiger charge is -2.23. The molecule has 0 fully saturated rings. The van der Waals surface area contributed by atoms with Crippen LogP contribution in [0, 0.1) is 6.92 Å². The topological polar surface area (TPSA) is 55.1 Å². The predicted octanol–water partition coefficient (Wildman–Crippen LogP) is 5.35. The number of fused-ring (bicyclic) bond motifs is 1. The Bertz CT molecular complexity index is 875. The lowest BCUT2D eigenvalue weighted by atomic mass is 10.1. The maximum absolute atomic E-state index is 12.5. The van der Waals surface area contributed by atoms with Crippen LogP contribution in [0.5, 0.6) is 0 Å². The summed E-state index contributed by atoms with van der Waals surface area (Å²) >= 11 is 19.2. The summed E-state index contributed by atoms with van der Waals surface area (Å²) in [6.07, 6.45) is 0. The molecule has 0 aliphatic rings. The van der Waals surface area contributed by atoms with Crippen LogP contribution in [0.3, 0.4) is 0 Å². The summed E-state index contributed by atoms with van der Waals surface area (Å²) in [4.78, 5) is 16.9. The first kappa shape index (κ1) is 18.4. The van der Waals surface area contributed by atoms with Crippen LogP contribution >= 0.6 is 46.6 Å². The van der Waals surface area contributed by atoms with Gasteiger partial charge in [-0.15, -0.1) is 0 Å². The lowest BCUT2D eigenvalue weighted by Crippen LogP contribution is -2.41. The van der Waals surface area contributed by atoms with Gasteiger partial charge in [-0.05, 0) is 42.4 Å². The van der Waals surface area contributed by atoms with Crippen LogP contribution in [0.2, 0.25) is 0 Å². The third kappa shape index (κ3) is 4.42. The number of halogens is 3. The number of aryl methyl sites for hydroxylation is 1. The zero-order valence-electron chi connectivity index (χ0n) is 13.0. The molecule has 1 unspecified atom stereocenters. The highest BCUT2D eigenvalue weighted by atomic mass is 35.6. The number of oxazole rings is 1. The van der Waals surface area contributed by atoms with Crippen molar-refractivity contribution in [1.82, 2.24) is 10.3 Å². The minimum atomic E-state index is -1.75. The Kier molecular flexibility index (Phi) is 5.49. The van der Waals surface area contributed by atoms with Crippen LogP contribution in [0.4, 0.5) is 0 Å². The van der Waals surface area contributed by atoms with Crippen molar-refractivity contribution in [3.05, 3.63) is 59.7 Å². The summed E-state index contributed by atoms with van der Waals surface area (Å²) in [7, 11) is 0. The number of amides is 1. The molecule has 1 heterocycles. The number of rotatable bonds is 4. The average Bonchev–Trinajstić information content (AvgIpc) is 2.96. The fraction of sp³-hybridized carbons (Fsp3) is 0.176. The molecule has 25 heavy (non-hydrogen) atoms.